The summed E-state index contributed by atoms with van der Waals surface area (Å²) in [5.41, 5.74) is 2.51. The van der Waals surface area contributed by atoms with E-state index < -0.39 is 0 Å². The second kappa shape index (κ2) is 7.11. The zero-order valence-corrected chi connectivity index (χ0v) is 14.9. The van der Waals surface area contributed by atoms with E-state index in [1.54, 1.807) is 7.11 Å². The number of benzene rings is 1. The Balaban J connectivity index is 2.30. The summed E-state index contributed by atoms with van der Waals surface area (Å²) in [4.78, 5) is 12.5. The average molecular weight is 337 g/mol. The minimum atomic E-state index is -0.175. The first-order valence-electron chi connectivity index (χ1n) is 6.83. The number of methoxy groups -OCH3 is 1. The highest BCUT2D eigenvalue weighted by Gasteiger charge is 2.17. The van der Waals surface area contributed by atoms with Crippen LogP contribution in [0, 0.1) is 6.92 Å². The molecule has 0 aliphatic heterocycles. The van der Waals surface area contributed by atoms with Crippen molar-refractivity contribution in [2.75, 3.05) is 18.7 Å². The van der Waals surface area contributed by atoms with Gasteiger partial charge in [-0.25, -0.2) is 0 Å². The molecule has 7 heteroatoms. The van der Waals surface area contributed by atoms with Crippen LogP contribution in [-0.4, -0.2) is 29.5 Å². The SMILES string of the molecule is COc1cc(C)c(C(=O)Nc2nnc(SC)s2)cc1C(C)C. The maximum absolute atomic E-state index is 12.5. The third-order valence-electron chi connectivity index (χ3n) is 3.24. The largest absolute Gasteiger partial charge is 0.496 e. The van der Waals surface area contributed by atoms with Gasteiger partial charge in [0.15, 0.2) is 4.34 Å². The van der Waals surface area contributed by atoms with E-state index >= 15 is 0 Å². The molecular weight excluding hydrogens is 318 g/mol. The van der Waals surface area contributed by atoms with Gasteiger partial charge in [0.1, 0.15) is 5.75 Å². The van der Waals surface area contributed by atoms with Gasteiger partial charge in [0.25, 0.3) is 5.91 Å². The monoisotopic (exact) mass is 337 g/mol. The molecule has 5 nitrogen and oxygen atoms in total. The molecule has 0 bridgehead atoms. The Bertz CT molecular complexity index is 683. The van der Waals surface area contributed by atoms with E-state index in [1.807, 2.05) is 25.3 Å². The number of ether oxygens (including phenoxy) is 1. The molecule has 0 unspecified atom stereocenters. The van der Waals surface area contributed by atoms with Crippen LogP contribution >= 0.6 is 23.1 Å². The maximum Gasteiger partial charge on any atom is 0.257 e. The fourth-order valence-corrected chi connectivity index (χ4v) is 3.24. The second-order valence-corrected chi connectivity index (χ2v) is 7.13. The molecule has 118 valence electrons. The van der Waals surface area contributed by atoms with Crippen LogP contribution in [-0.2, 0) is 0 Å². The lowest BCUT2D eigenvalue weighted by Gasteiger charge is -2.15. The normalized spacial score (nSPS) is 10.8. The van der Waals surface area contributed by atoms with Crippen molar-refractivity contribution in [1.82, 2.24) is 10.2 Å². The fraction of sp³-hybridized carbons (Fsp3) is 0.400. The van der Waals surface area contributed by atoms with Crippen molar-refractivity contribution >= 4 is 34.1 Å². The van der Waals surface area contributed by atoms with Crippen molar-refractivity contribution in [2.45, 2.75) is 31.0 Å². The highest BCUT2D eigenvalue weighted by Crippen LogP contribution is 2.30. The van der Waals surface area contributed by atoms with E-state index in [4.69, 9.17) is 4.74 Å². The van der Waals surface area contributed by atoms with E-state index in [2.05, 4.69) is 29.4 Å². The molecule has 22 heavy (non-hydrogen) atoms. The van der Waals surface area contributed by atoms with E-state index in [9.17, 15) is 4.79 Å². The molecule has 1 aromatic carbocycles. The molecule has 0 aliphatic rings. The third-order valence-corrected chi connectivity index (χ3v) is 5.06. The van der Waals surface area contributed by atoms with Gasteiger partial charge < -0.3 is 4.74 Å². The zero-order valence-electron chi connectivity index (χ0n) is 13.3. The van der Waals surface area contributed by atoms with Gasteiger partial charge in [0.05, 0.1) is 7.11 Å². The lowest BCUT2D eigenvalue weighted by Crippen LogP contribution is -2.14. The number of thioether (sulfide) groups is 1. The Morgan fingerprint density at radius 2 is 2.09 bits per heavy atom. The van der Waals surface area contributed by atoms with E-state index in [0.717, 1.165) is 21.2 Å². The number of carbonyl (C=O) groups excluding carboxylic acids is 1. The average Bonchev–Trinajstić information content (AvgIpc) is 2.93. The summed E-state index contributed by atoms with van der Waals surface area (Å²) < 4.78 is 6.23. The molecule has 0 radical (unpaired) electrons. The number of aryl methyl sites for hydroxylation is 1. The van der Waals surface area contributed by atoms with Crippen molar-refractivity contribution < 1.29 is 9.53 Å². The van der Waals surface area contributed by atoms with Crippen LogP contribution in [0.3, 0.4) is 0 Å². The molecule has 1 aromatic heterocycles. The van der Waals surface area contributed by atoms with Crippen molar-refractivity contribution in [3.05, 3.63) is 28.8 Å². The summed E-state index contributed by atoms with van der Waals surface area (Å²) in [5.74, 6) is 0.905. The van der Waals surface area contributed by atoms with Crippen molar-refractivity contribution in [3.8, 4) is 5.75 Å². The number of rotatable bonds is 5. The van der Waals surface area contributed by atoms with Gasteiger partial charge in [-0.15, -0.1) is 10.2 Å². The Morgan fingerprint density at radius 1 is 1.36 bits per heavy atom. The second-order valence-electron chi connectivity index (χ2n) is 5.10. The van der Waals surface area contributed by atoms with Gasteiger partial charge in [-0.3, -0.25) is 10.1 Å². The number of nitrogens with one attached hydrogen (secondary N) is 1. The molecule has 0 spiro atoms. The quantitative estimate of drug-likeness (QED) is 0.661. The lowest BCUT2D eigenvalue weighted by molar-refractivity contribution is 0.102. The molecule has 1 amide bonds. The van der Waals surface area contributed by atoms with Gasteiger partial charge in [-0.1, -0.05) is 36.9 Å². The Morgan fingerprint density at radius 3 is 2.64 bits per heavy atom. The van der Waals surface area contributed by atoms with Gasteiger partial charge in [0, 0.05) is 5.56 Å². The molecule has 2 aromatic rings. The fourth-order valence-electron chi connectivity index (χ4n) is 2.08. The predicted octanol–water partition coefficient (Wildman–Crippen LogP) is 3.95. The zero-order chi connectivity index (χ0) is 16.3. The highest BCUT2D eigenvalue weighted by molar-refractivity contribution is 8.00. The van der Waals surface area contributed by atoms with Gasteiger partial charge in [0.2, 0.25) is 5.13 Å². The first-order valence-corrected chi connectivity index (χ1v) is 8.87. The summed E-state index contributed by atoms with van der Waals surface area (Å²) in [6.45, 7) is 6.05. The first-order chi connectivity index (χ1) is 10.5. The molecule has 0 fully saturated rings. The minimum Gasteiger partial charge on any atom is -0.496 e. The maximum atomic E-state index is 12.5. The predicted molar refractivity (Wildman–Crippen MR) is 91.5 cm³/mol. The van der Waals surface area contributed by atoms with E-state index in [0.29, 0.717) is 10.7 Å². The van der Waals surface area contributed by atoms with Gasteiger partial charge in [-0.05, 0) is 42.4 Å². The topological polar surface area (TPSA) is 64.1 Å². The van der Waals surface area contributed by atoms with Crippen molar-refractivity contribution in [3.63, 3.8) is 0 Å². The number of aromatic nitrogens is 2. The van der Waals surface area contributed by atoms with E-state index in [-0.39, 0.29) is 11.8 Å². The lowest BCUT2D eigenvalue weighted by atomic mass is 9.96. The standard InChI is InChI=1S/C15H19N3O2S2/c1-8(2)10-7-11(9(3)6-12(10)20-4)13(19)16-14-17-18-15(21-5)22-14/h6-8H,1-5H3,(H,16,17,19). The minimum absolute atomic E-state index is 0.175. The van der Waals surface area contributed by atoms with Crippen molar-refractivity contribution in [2.24, 2.45) is 0 Å². The van der Waals surface area contributed by atoms with Crippen LogP contribution in [0.15, 0.2) is 16.5 Å². The summed E-state index contributed by atoms with van der Waals surface area (Å²) in [6.07, 6.45) is 1.93. The van der Waals surface area contributed by atoms with Crippen LogP contribution in [0.25, 0.3) is 0 Å². The highest BCUT2D eigenvalue weighted by atomic mass is 32.2. The first kappa shape index (κ1) is 16.8. The third kappa shape index (κ3) is 3.59. The molecule has 0 saturated carbocycles. The molecule has 2 rings (SSSR count). The number of amides is 1. The summed E-state index contributed by atoms with van der Waals surface area (Å²) in [5, 5.41) is 11.3. The number of anilines is 1. The van der Waals surface area contributed by atoms with Gasteiger partial charge in [-0.2, -0.15) is 0 Å². The molecule has 1 N–H and O–H groups in total. The number of hydrogen-bond acceptors (Lipinski definition) is 6. The molecule has 0 aliphatic carbocycles. The number of hydrogen-bond donors (Lipinski definition) is 1. The van der Waals surface area contributed by atoms with Gasteiger partial charge >= 0.3 is 0 Å². The van der Waals surface area contributed by atoms with Crippen molar-refractivity contribution in [1.29, 1.82) is 0 Å². The van der Waals surface area contributed by atoms with Crippen LogP contribution in [0.4, 0.5) is 5.13 Å². The number of nitrogens with zero attached hydrogens (tertiary/aromatic N) is 2. The smallest absolute Gasteiger partial charge is 0.257 e. The summed E-state index contributed by atoms with van der Waals surface area (Å²) in [7, 11) is 1.64. The Kier molecular flexibility index (Phi) is 5.42. The van der Waals surface area contributed by atoms with Crippen LogP contribution < -0.4 is 10.1 Å². The van der Waals surface area contributed by atoms with Crippen LogP contribution in [0.5, 0.6) is 5.75 Å². The Labute approximate surface area is 138 Å². The van der Waals surface area contributed by atoms with E-state index in [1.165, 1.54) is 23.1 Å². The molecular formula is C15H19N3O2S2. The molecule has 1 heterocycles. The Hall–Kier alpha value is -1.60. The van der Waals surface area contributed by atoms with Crippen LogP contribution in [0.2, 0.25) is 0 Å². The summed E-state index contributed by atoms with van der Waals surface area (Å²) >= 11 is 2.87. The summed E-state index contributed by atoms with van der Waals surface area (Å²) in [6, 6.07) is 3.79. The van der Waals surface area contributed by atoms with Crippen LogP contribution in [0.1, 0.15) is 41.3 Å². The molecule has 0 atom stereocenters. The molecule has 0 saturated heterocycles. The number of carbonyl (C=O) groups is 1.